The molecule has 0 atom stereocenters. The van der Waals surface area contributed by atoms with Crippen molar-refractivity contribution in [2.75, 3.05) is 5.32 Å². The summed E-state index contributed by atoms with van der Waals surface area (Å²) >= 11 is 0. The van der Waals surface area contributed by atoms with Crippen LogP contribution in [-0.2, 0) is 16.6 Å². The van der Waals surface area contributed by atoms with E-state index in [1.165, 1.54) is 24.6 Å². The molecule has 0 unspecified atom stereocenters. The van der Waals surface area contributed by atoms with Crippen molar-refractivity contribution in [2.45, 2.75) is 11.6 Å². The van der Waals surface area contributed by atoms with Gasteiger partial charge >= 0.3 is 0 Å². The van der Waals surface area contributed by atoms with Crippen LogP contribution in [0.3, 0.4) is 0 Å². The second-order valence-corrected chi connectivity index (χ2v) is 6.39. The number of aromatic nitrogens is 1. The zero-order valence-corrected chi connectivity index (χ0v) is 13.1. The number of nitrogens with zero attached hydrogens (tertiary/aromatic N) is 1. The van der Waals surface area contributed by atoms with Crippen LogP contribution in [0.1, 0.15) is 16.3 Å². The Bertz CT molecular complexity index is 917. The molecule has 2 N–H and O–H groups in total. The van der Waals surface area contributed by atoms with Gasteiger partial charge in [-0.05, 0) is 36.4 Å². The summed E-state index contributed by atoms with van der Waals surface area (Å²) in [6.45, 7) is -0.0223. The fourth-order valence-corrected chi connectivity index (χ4v) is 2.77. The molecule has 0 radical (unpaired) electrons. The Labute approximate surface area is 137 Å². The van der Waals surface area contributed by atoms with E-state index in [2.05, 4.69) is 15.0 Å². The van der Waals surface area contributed by atoms with Crippen molar-refractivity contribution in [3.63, 3.8) is 0 Å². The fraction of sp³-hybridized carbons (Fsp3) is 0.0667. The van der Waals surface area contributed by atoms with Crippen molar-refractivity contribution in [3.8, 4) is 0 Å². The van der Waals surface area contributed by atoms with Crippen molar-refractivity contribution in [2.24, 2.45) is 0 Å². The molecule has 3 aromatic heterocycles. The van der Waals surface area contributed by atoms with Gasteiger partial charge in [-0.25, -0.2) is 18.1 Å². The molecule has 0 aliphatic heterocycles. The predicted molar refractivity (Wildman–Crippen MR) is 83.6 cm³/mol. The number of furan rings is 2. The Hall–Kier alpha value is -2.91. The fourth-order valence-electron chi connectivity index (χ4n) is 1.85. The first-order valence-corrected chi connectivity index (χ1v) is 8.37. The molecule has 0 saturated carbocycles. The third-order valence-electron chi connectivity index (χ3n) is 2.99. The normalized spacial score (nSPS) is 11.3. The molecule has 124 valence electrons. The van der Waals surface area contributed by atoms with Crippen LogP contribution >= 0.6 is 0 Å². The van der Waals surface area contributed by atoms with E-state index in [0.29, 0.717) is 11.6 Å². The van der Waals surface area contributed by atoms with Crippen LogP contribution in [0.25, 0.3) is 0 Å². The van der Waals surface area contributed by atoms with E-state index < -0.39 is 15.9 Å². The Morgan fingerprint density at radius 1 is 1.12 bits per heavy atom. The summed E-state index contributed by atoms with van der Waals surface area (Å²) in [5.41, 5.74) is 0. The van der Waals surface area contributed by atoms with Crippen molar-refractivity contribution in [3.05, 3.63) is 66.4 Å². The van der Waals surface area contributed by atoms with Crippen molar-refractivity contribution < 1.29 is 22.0 Å². The molecule has 1 amide bonds. The molecule has 0 fully saturated rings. The molecule has 0 saturated heterocycles. The first-order valence-electron chi connectivity index (χ1n) is 6.89. The maximum Gasteiger partial charge on any atom is 0.292 e. The summed E-state index contributed by atoms with van der Waals surface area (Å²) in [5.74, 6) is 0.0534. The topological polar surface area (TPSA) is 114 Å². The van der Waals surface area contributed by atoms with Gasteiger partial charge in [0, 0.05) is 6.20 Å². The van der Waals surface area contributed by atoms with Gasteiger partial charge in [-0.3, -0.25) is 4.79 Å². The molecule has 0 bridgehead atoms. The second kappa shape index (κ2) is 6.69. The Morgan fingerprint density at radius 2 is 2.00 bits per heavy atom. The number of amides is 1. The average molecular weight is 347 g/mol. The maximum atomic E-state index is 12.1. The minimum Gasteiger partial charge on any atom is -0.468 e. The van der Waals surface area contributed by atoms with Gasteiger partial charge in [-0.15, -0.1) is 0 Å². The molecule has 3 aromatic rings. The molecular formula is C15H13N3O5S. The Kier molecular flexibility index (Phi) is 4.45. The SMILES string of the molecule is O=C(Nc1ccccn1)c1ccc(S(=O)(=O)NCc2ccco2)o1. The van der Waals surface area contributed by atoms with E-state index in [-0.39, 0.29) is 17.4 Å². The van der Waals surface area contributed by atoms with Gasteiger partial charge in [-0.1, -0.05) is 6.07 Å². The smallest absolute Gasteiger partial charge is 0.292 e. The van der Waals surface area contributed by atoms with E-state index >= 15 is 0 Å². The monoisotopic (exact) mass is 347 g/mol. The molecular weight excluding hydrogens is 334 g/mol. The van der Waals surface area contributed by atoms with Gasteiger partial charge in [0.2, 0.25) is 5.09 Å². The number of carbonyl (C=O) groups is 1. The first-order chi connectivity index (χ1) is 11.5. The number of anilines is 1. The van der Waals surface area contributed by atoms with E-state index in [4.69, 9.17) is 8.83 Å². The van der Waals surface area contributed by atoms with Crippen molar-refractivity contribution in [1.82, 2.24) is 9.71 Å². The van der Waals surface area contributed by atoms with Gasteiger partial charge in [0.1, 0.15) is 11.6 Å². The lowest BCUT2D eigenvalue weighted by Gasteiger charge is -2.03. The Balaban J connectivity index is 1.69. The van der Waals surface area contributed by atoms with Crippen molar-refractivity contribution >= 4 is 21.7 Å². The third-order valence-corrected chi connectivity index (χ3v) is 4.27. The van der Waals surface area contributed by atoms with E-state index in [9.17, 15) is 13.2 Å². The van der Waals surface area contributed by atoms with Crippen LogP contribution in [0, 0.1) is 0 Å². The molecule has 3 heterocycles. The minimum atomic E-state index is -3.89. The lowest BCUT2D eigenvalue weighted by Crippen LogP contribution is -2.22. The number of pyridine rings is 1. The van der Waals surface area contributed by atoms with Gasteiger partial charge in [0.15, 0.2) is 5.76 Å². The number of hydrogen-bond donors (Lipinski definition) is 2. The highest BCUT2D eigenvalue weighted by molar-refractivity contribution is 7.89. The molecule has 24 heavy (non-hydrogen) atoms. The highest BCUT2D eigenvalue weighted by atomic mass is 32.2. The summed E-state index contributed by atoms with van der Waals surface area (Å²) in [7, 11) is -3.89. The van der Waals surface area contributed by atoms with E-state index in [1.807, 2.05) is 0 Å². The molecule has 0 aliphatic carbocycles. The second-order valence-electron chi connectivity index (χ2n) is 4.69. The summed E-state index contributed by atoms with van der Waals surface area (Å²) in [6.07, 6.45) is 2.96. The number of hydrogen-bond acceptors (Lipinski definition) is 6. The summed E-state index contributed by atoms with van der Waals surface area (Å²) in [4.78, 5) is 16.0. The summed E-state index contributed by atoms with van der Waals surface area (Å²) in [6, 6.07) is 10.8. The van der Waals surface area contributed by atoms with Gasteiger partial charge in [0.05, 0.1) is 12.8 Å². The number of rotatable bonds is 6. The molecule has 0 aliphatic rings. The van der Waals surface area contributed by atoms with Gasteiger partial charge in [-0.2, -0.15) is 0 Å². The largest absolute Gasteiger partial charge is 0.468 e. The number of nitrogens with one attached hydrogen (secondary N) is 2. The van der Waals surface area contributed by atoms with Crippen LogP contribution in [0.4, 0.5) is 5.82 Å². The first kappa shape index (κ1) is 16.0. The van der Waals surface area contributed by atoms with E-state index in [0.717, 1.165) is 0 Å². The molecule has 9 heteroatoms. The summed E-state index contributed by atoms with van der Waals surface area (Å²) < 4.78 is 36.8. The highest BCUT2D eigenvalue weighted by Crippen LogP contribution is 2.15. The van der Waals surface area contributed by atoms with Crippen LogP contribution in [0.2, 0.25) is 0 Å². The molecule has 0 spiro atoms. The van der Waals surface area contributed by atoms with Gasteiger partial charge < -0.3 is 14.2 Å². The van der Waals surface area contributed by atoms with E-state index in [1.54, 1.807) is 30.3 Å². The average Bonchev–Trinajstić information content (AvgIpc) is 3.26. The molecule has 0 aromatic carbocycles. The molecule has 8 nitrogen and oxygen atoms in total. The number of sulfonamides is 1. The van der Waals surface area contributed by atoms with Crippen LogP contribution in [0.15, 0.2) is 68.9 Å². The third kappa shape index (κ3) is 3.70. The van der Waals surface area contributed by atoms with Crippen LogP contribution < -0.4 is 10.0 Å². The van der Waals surface area contributed by atoms with Crippen molar-refractivity contribution in [1.29, 1.82) is 0 Å². The van der Waals surface area contributed by atoms with Gasteiger partial charge in [0.25, 0.3) is 15.9 Å². The molecule has 3 rings (SSSR count). The Morgan fingerprint density at radius 3 is 2.71 bits per heavy atom. The lowest BCUT2D eigenvalue weighted by atomic mass is 10.4. The highest BCUT2D eigenvalue weighted by Gasteiger charge is 2.21. The standard InChI is InChI=1S/C15H13N3O5S/c19-15(18-13-5-1-2-8-16-13)12-6-7-14(23-12)24(20,21)17-10-11-4-3-9-22-11/h1-9,17H,10H2,(H,16,18,19). The zero-order chi connectivity index (χ0) is 17.0. The number of carbonyl (C=O) groups excluding carboxylic acids is 1. The lowest BCUT2D eigenvalue weighted by molar-refractivity contribution is 0.0991. The predicted octanol–water partition coefficient (Wildman–Crippen LogP) is 2.00. The quantitative estimate of drug-likeness (QED) is 0.705. The van der Waals surface area contributed by atoms with Crippen LogP contribution in [-0.4, -0.2) is 19.3 Å². The van der Waals surface area contributed by atoms with Crippen LogP contribution in [0.5, 0.6) is 0 Å². The maximum absolute atomic E-state index is 12.1. The minimum absolute atomic E-state index is 0.0223. The summed E-state index contributed by atoms with van der Waals surface area (Å²) in [5, 5.41) is 2.14. The zero-order valence-electron chi connectivity index (χ0n) is 12.3.